The van der Waals surface area contributed by atoms with E-state index in [1.165, 1.54) is 22.3 Å². The number of sulfonamides is 1. The number of nitrogens with zero attached hydrogens (tertiary/aromatic N) is 4. The lowest BCUT2D eigenvalue weighted by Crippen LogP contribution is -2.27. The minimum Gasteiger partial charge on any atom is -0.327 e. The summed E-state index contributed by atoms with van der Waals surface area (Å²) in [6, 6.07) is 5.75. The summed E-state index contributed by atoms with van der Waals surface area (Å²) in [5.74, 6) is 0.484. The molecule has 2 aliphatic rings. The van der Waals surface area contributed by atoms with Crippen LogP contribution in [0.25, 0.3) is 0 Å². The van der Waals surface area contributed by atoms with E-state index in [-0.39, 0.29) is 16.6 Å². The molecular formula is C23H29N5O3S2. The average molecular weight is 488 g/mol. The van der Waals surface area contributed by atoms with Crippen molar-refractivity contribution in [3.8, 4) is 6.07 Å². The van der Waals surface area contributed by atoms with Crippen molar-refractivity contribution in [1.29, 1.82) is 5.26 Å². The first-order valence-electron chi connectivity index (χ1n) is 11.3. The van der Waals surface area contributed by atoms with E-state index in [0.29, 0.717) is 35.5 Å². The molecule has 3 heterocycles. The molecule has 1 N–H and O–H groups in total. The molecule has 176 valence electrons. The van der Waals surface area contributed by atoms with Gasteiger partial charge in [-0.3, -0.25) is 4.79 Å². The number of pyridine rings is 1. The van der Waals surface area contributed by atoms with Crippen LogP contribution in [0.1, 0.15) is 61.4 Å². The first-order chi connectivity index (χ1) is 15.8. The summed E-state index contributed by atoms with van der Waals surface area (Å²) < 4.78 is 28.9. The zero-order valence-electron chi connectivity index (χ0n) is 19.0. The summed E-state index contributed by atoms with van der Waals surface area (Å²) in [7, 11) is -3.50. The Morgan fingerprint density at radius 2 is 1.91 bits per heavy atom. The fraction of sp³-hybridized carbons (Fsp3) is 0.522. The van der Waals surface area contributed by atoms with Crippen molar-refractivity contribution in [3.63, 3.8) is 0 Å². The zero-order chi connectivity index (χ0) is 23.6. The highest BCUT2D eigenvalue weighted by Gasteiger charge is 2.28. The van der Waals surface area contributed by atoms with E-state index in [1.807, 2.05) is 13.8 Å². The molecule has 1 saturated heterocycles. The van der Waals surface area contributed by atoms with Crippen LogP contribution in [0.4, 0.5) is 5.82 Å². The number of carbonyl (C=O) groups is 1. The summed E-state index contributed by atoms with van der Waals surface area (Å²) >= 11 is 1.24. The molecule has 1 saturated carbocycles. The molecule has 8 nitrogen and oxygen atoms in total. The van der Waals surface area contributed by atoms with Crippen LogP contribution in [0.15, 0.2) is 28.3 Å². The Morgan fingerprint density at radius 1 is 1.21 bits per heavy atom. The van der Waals surface area contributed by atoms with Gasteiger partial charge in [0.25, 0.3) is 0 Å². The molecule has 1 amide bonds. The highest BCUT2D eigenvalue weighted by molar-refractivity contribution is 7.99. The largest absolute Gasteiger partial charge is 0.327 e. The van der Waals surface area contributed by atoms with Crippen molar-refractivity contribution in [1.82, 2.24) is 13.9 Å². The number of carbonyl (C=O) groups excluding carboxylic acids is 1. The molecule has 10 heteroatoms. The van der Waals surface area contributed by atoms with Crippen molar-refractivity contribution in [3.05, 3.63) is 35.2 Å². The van der Waals surface area contributed by atoms with Crippen molar-refractivity contribution in [2.75, 3.05) is 24.2 Å². The molecule has 0 radical (unpaired) electrons. The Labute approximate surface area is 199 Å². The SMILES string of the molecule is Cc1c(C#N)c(NC(=O)CSc2ccc(S(=O)(=O)N3CCCC3)cn2)n(C2CCCC2)c1C. The number of aromatic nitrogens is 2. The molecule has 1 aliphatic carbocycles. The fourth-order valence-electron chi connectivity index (χ4n) is 4.70. The van der Waals surface area contributed by atoms with Gasteiger partial charge in [-0.05, 0) is 57.2 Å². The van der Waals surface area contributed by atoms with Gasteiger partial charge in [-0.15, -0.1) is 0 Å². The second-order valence-electron chi connectivity index (χ2n) is 8.63. The van der Waals surface area contributed by atoms with Crippen LogP contribution < -0.4 is 5.32 Å². The van der Waals surface area contributed by atoms with Crippen LogP contribution in [0.2, 0.25) is 0 Å². The molecule has 0 spiro atoms. The van der Waals surface area contributed by atoms with E-state index >= 15 is 0 Å². The second-order valence-corrected chi connectivity index (χ2v) is 11.6. The summed E-state index contributed by atoms with van der Waals surface area (Å²) in [6.07, 6.45) is 7.53. The lowest BCUT2D eigenvalue weighted by Gasteiger charge is -2.19. The number of hydrogen-bond donors (Lipinski definition) is 1. The smallest absolute Gasteiger partial charge is 0.244 e. The van der Waals surface area contributed by atoms with Crippen LogP contribution in [-0.4, -0.2) is 47.0 Å². The zero-order valence-corrected chi connectivity index (χ0v) is 20.6. The molecule has 4 rings (SSSR count). The number of anilines is 1. The van der Waals surface area contributed by atoms with Crippen LogP contribution in [0, 0.1) is 25.2 Å². The third kappa shape index (κ3) is 4.81. The van der Waals surface area contributed by atoms with Gasteiger partial charge in [0.2, 0.25) is 15.9 Å². The molecule has 0 unspecified atom stereocenters. The van der Waals surface area contributed by atoms with E-state index in [0.717, 1.165) is 49.8 Å². The van der Waals surface area contributed by atoms with Gasteiger partial charge < -0.3 is 9.88 Å². The number of nitriles is 1. The van der Waals surface area contributed by atoms with Gasteiger partial charge in [0.1, 0.15) is 16.8 Å². The Kier molecular flexibility index (Phi) is 7.12. The average Bonchev–Trinajstić information content (AvgIpc) is 3.56. The Morgan fingerprint density at radius 3 is 2.52 bits per heavy atom. The van der Waals surface area contributed by atoms with Crippen molar-refractivity contribution >= 4 is 33.5 Å². The van der Waals surface area contributed by atoms with E-state index in [9.17, 15) is 18.5 Å². The van der Waals surface area contributed by atoms with E-state index in [4.69, 9.17) is 0 Å². The van der Waals surface area contributed by atoms with Gasteiger partial charge in [0.05, 0.1) is 16.3 Å². The lowest BCUT2D eigenvalue weighted by molar-refractivity contribution is -0.113. The Balaban J connectivity index is 1.43. The number of amides is 1. The maximum Gasteiger partial charge on any atom is 0.244 e. The molecular weight excluding hydrogens is 458 g/mol. The minimum atomic E-state index is -3.50. The predicted octanol–water partition coefficient (Wildman–Crippen LogP) is 4.00. The topological polar surface area (TPSA) is 108 Å². The van der Waals surface area contributed by atoms with Gasteiger partial charge in [-0.2, -0.15) is 9.57 Å². The number of hydrogen-bond acceptors (Lipinski definition) is 6. The van der Waals surface area contributed by atoms with E-state index < -0.39 is 10.0 Å². The molecule has 2 aromatic heterocycles. The molecule has 2 fully saturated rings. The molecule has 33 heavy (non-hydrogen) atoms. The van der Waals surface area contributed by atoms with Gasteiger partial charge in [-0.1, -0.05) is 24.6 Å². The first kappa shape index (κ1) is 23.8. The molecule has 2 aromatic rings. The van der Waals surface area contributed by atoms with Crippen LogP contribution in [0.5, 0.6) is 0 Å². The maximum absolute atomic E-state index is 12.8. The standard InChI is InChI=1S/C23H29N5O3S2/c1-16-17(2)28(18-7-3-4-8-18)23(20(16)13-24)26-21(29)15-32-22-10-9-19(14-25-22)33(30,31)27-11-5-6-12-27/h9-10,14,18H,3-8,11-12,15H2,1-2H3,(H,26,29). The third-order valence-electron chi connectivity index (χ3n) is 6.58. The molecule has 0 atom stereocenters. The summed E-state index contributed by atoms with van der Waals surface area (Å²) in [6.45, 7) is 5.02. The van der Waals surface area contributed by atoms with Crippen LogP contribution in [0.3, 0.4) is 0 Å². The second kappa shape index (κ2) is 9.87. The van der Waals surface area contributed by atoms with Crippen molar-refractivity contribution < 1.29 is 13.2 Å². The van der Waals surface area contributed by atoms with Gasteiger partial charge >= 0.3 is 0 Å². The van der Waals surface area contributed by atoms with Crippen LogP contribution in [-0.2, 0) is 14.8 Å². The van der Waals surface area contributed by atoms with Gasteiger partial charge in [0.15, 0.2) is 0 Å². The first-order valence-corrected chi connectivity index (χ1v) is 13.8. The number of nitrogens with one attached hydrogen (secondary N) is 1. The summed E-state index contributed by atoms with van der Waals surface area (Å²) in [5.41, 5.74) is 2.45. The predicted molar refractivity (Wildman–Crippen MR) is 128 cm³/mol. The molecule has 0 aromatic carbocycles. The van der Waals surface area contributed by atoms with Crippen molar-refractivity contribution in [2.24, 2.45) is 0 Å². The maximum atomic E-state index is 12.8. The Hall–Kier alpha value is -2.35. The van der Waals surface area contributed by atoms with Crippen LogP contribution >= 0.6 is 11.8 Å². The third-order valence-corrected chi connectivity index (χ3v) is 9.41. The van der Waals surface area contributed by atoms with Crippen molar-refractivity contribution in [2.45, 2.75) is 68.3 Å². The monoisotopic (exact) mass is 487 g/mol. The highest BCUT2D eigenvalue weighted by atomic mass is 32.2. The normalized spacial score (nSPS) is 17.4. The highest BCUT2D eigenvalue weighted by Crippen LogP contribution is 2.37. The van der Waals surface area contributed by atoms with E-state index in [2.05, 4.69) is 20.9 Å². The fourth-order valence-corrected chi connectivity index (χ4v) is 6.80. The molecule has 1 aliphatic heterocycles. The molecule has 0 bridgehead atoms. The minimum absolute atomic E-state index is 0.115. The van der Waals surface area contributed by atoms with E-state index in [1.54, 1.807) is 12.1 Å². The number of thioether (sulfide) groups is 1. The lowest BCUT2D eigenvalue weighted by atomic mass is 10.2. The summed E-state index contributed by atoms with van der Waals surface area (Å²) in [4.78, 5) is 17.2. The Bertz CT molecular complexity index is 1170. The quantitative estimate of drug-likeness (QED) is 0.592. The van der Waals surface area contributed by atoms with Gasteiger partial charge in [-0.25, -0.2) is 13.4 Å². The van der Waals surface area contributed by atoms with Gasteiger partial charge in [0, 0.05) is 31.0 Å². The summed E-state index contributed by atoms with van der Waals surface area (Å²) in [5, 5.41) is 13.2. The number of rotatable bonds is 7.